The van der Waals surface area contributed by atoms with Crippen LogP contribution in [0.1, 0.15) is 6.42 Å². The molecule has 0 aliphatic rings. The Hall–Kier alpha value is -2.77. The number of hydrogen-bond donors (Lipinski definition) is 1. The Bertz CT molecular complexity index is 1090. The molecule has 1 amide bonds. The number of nitrogens with one attached hydrogen (secondary N) is 1. The number of furan rings is 1. The fourth-order valence-corrected chi connectivity index (χ4v) is 4.26. The van der Waals surface area contributed by atoms with Crippen molar-refractivity contribution < 1.29 is 13.9 Å². The van der Waals surface area contributed by atoms with Crippen LogP contribution in [0.5, 0.6) is 5.75 Å². The van der Waals surface area contributed by atoms with Gasteiger partial charge in [0.05, 0.1) is 7.11 Å². The van der Waals surface area contributed by atoms with Crippen molar-refractivity contribution in [2.75, 3.05) is 18.2 Å². The summed E-state index contributed by atoms with van der Waals surface area (Å²) < 4.78 is 11.1. The number of hydrogen-bond acceptors (Lipinski definition) is 6. The molecule has 0 atom stereocenters. The second kappa shape index (κ2) is 8.50. The van der Waals surface area contributed by atoms with Crippen LogP contribution < -0.4 is 10.1 Å². The molecule has 0 saturated heterocycles. The van der Waals surface area contributed by atoms with E-state index in [9.17, 15) is 4.79 Å². The lowest BCUT2D eigenvalue weighted by Gasteiger charge is -2.02. The molecule has 0 aliphatic heterocycles. The van der Waals surface area contributed by atoms with Gasteiger partial charge in [0.15, 0.2) is 10.9 Å². The van der Waals surface area contributed by atoms with Crippen molar-refractivity contribution in [3.8, 4) is 17.2 Å². The van der Waals surface area contributed by atoms with Gasteiger partial charge >= 0.3 is 0 Å². The average Bonchev–Trinajstić information content (AvgIpc) is 3.34. The number of amides is 1. The number of nitrogens with zero attached hydrogens (tertiary/aromatic N) is 1. The number of fused-ring (bicyclic) bond motifs is 1. The van der Waals surface area contributed by atoms with Crippen LogP contribution in [0.15, 0.2) is 69.3 Å². The highest BCUT2D eigenvalue weighted by atomic mass is 32.2. The van der Waals surface area contributed by atoms with Gasteiger partial charge in [-0.3, -0.25) is 4.79 Å². The first-order valence-corrected chi connectivity index (χ1v) is 10.6. The minimum Gasteiger partial charge on any atom is -0.497 e. The zero-order chi connectivity index (χ0) is 19.3. The van der Waals surface area contributed by atoms with Crippen molar-refractivity contribution in [1.82, 2.24) is 4.98 Å². The van der Waals surface area contributed by atoms with Gasteiger partial charge in [0.25, 0.3) is 0 Å². The highest BCUT2D eigenvalue weighted by Crippen LogP contribution is 2.32. The predicted octanol–water partition coefficient (Wildman–Crippen LogP) is 5.69. The van der Waals surface area contributed by atoms with E-state index in [2.05, 4.69) is 10.3 Å². The molecular formula is C21H18N2O3S2. The molecule has 4 aromatic rings. The number of carbonyl (C=O) groups is 1. The van der Waals surface area contributed by atoms with E-state index in [1.807, 2.05) is 60.0 Å². The summed E-state index contributed by atoms with van der Waals surface area (Å²) in [7, 11) is 1.62. The highest BCUT2D eigenvalue weighted by Gasteiger charge is 2.12. The Morgan fingerprint density at radius 3 is 2.89 bits per heavy atom. The van der Waals surface area contributed by atoms with E-state index in [-0.39, 0.29) is 5.91 Å². The number of methoxy groups -OCH3 is 1. The number of ether oxygens (including phenoxy) is 1. The average molecular weight is 411 g/mol. The van der Waals surface area contributed by atoms with Crippen molar-refractivity contribution in [2.45, 2.75) is 11.3 Å². The molecule has 1 N–H and O–H groups in total. The number of aromatic nitrogens is 1. The summed E-state index contributed by atoms with van der Waals surface area (Å²) in [5, 5.41) is 6.29. The van der Waals surface area contributed by atoms with Crippen molar-refractivity contribution >= 4 is 45.1 Å². The van der Waals surface area contributed by atoms with Crippen LogP contribution in [0, 0.1) is 0 Å². The highest BCUT2D eigenvalue weighted by molar-refractivity contribution is 7.99. The summed E-state index contributed by atoms with van der Waals surface area (Å²) in [4.78, 5) is 17.8. The fraction of sp³-hybridized carbons (Fsp3) is 0.143. The van der Waals surface area contributed by atoms with Crippen LogP contribution in [-0.4, -0.2) is 23.8 Å². The molecule has 2 heterocycles. The Kier molecular flexibility index (Phi) is 5.64. The molecule has 0 radical (unpaired) electrons. The standard InChI is InChI=1S/C21H18N2O3S2/c1-25-15-8-7-14-11-19(26-18(14)12-15)17-13-28-21(22-17)23-20(24)9-10-27-16-5-3-2-4-6-16/h2-8,11-13H,9-10H2,1H3,(H,22,23,24). The monoisotopic (exact) mass is 410 g/mol. The van der Waals surface area contributed by atoms with Gasteiger partial charge in [-0.1, -0.05) is 18.2 Å². The zero-order valence-electron chi connectivity index (χ0n) is 15.2. The van der Waals surface area contributed by atoms with Gasteiger partial charge in [0.1, 0.15) is 17.0 Å². The van der Waals surface area contributed by atoms with Gasteiger partial charge in [0, 0.05) is 33.9 Å². The molecule has 0 aliphatic carbocycles. The molecule has 142 valence electrons. The van der Waals surface area contributed by atoms with Gasteiger partial charge < -0.3 is 14.5 Å². The molecule has 0 fully saturated rings. The lowest BCUT2D eigenvalue weighted by molar-refractivity contribution is -0.115. The summed E-state index contributed by atoms with van der Waals surface area (Å²) in [6.45, 7) is 0. The molecule has 0 saturated carbocycles. The maximum absolute atomic E-state index is 12.2. The molecule has 2 aromatic heterocycles. The van der Waals surface area contributed by atoms with Crippen LogP contribution in [0.2, 0.25) is 0 Å². The van der Waals surface area contributed by atoms with E-state index in [1.54, 1.807) is 18.9 Å². The number of benzene rings is 2. The molecule has 28 heavy (non-hydrogen) atoms. The maximum atomic E-state index is 12.2. The van der Waals surface area contributed by atoms with Crippen LogP contribution >= 0.6 is 23.1 Å². The van der Waals surface area contributed by atoms with Crippen LogP contribution in [0.4, 0.5) is 5.13 Å². The molecule has 7 heteroatoms. The van der Waals surface area contributed by atoms with Crippen molar-refractivity contribution in [3.05, 3.63) is 60.0 Å². The van der Waals surface area contributed by atoms with Crippen LogP contribution in [-0.2, 0) is 4.79 Å². The van der Waals surface area contributed by atoms with Gasteiger partial charge in [-0.15, -0.1) is 23.1 Å². The number of thioether (sulfide) groups is 1. The van der Waals surface area contributed by atoms with E-state index in [0.717, 1.165) is 27.4 Å². The predicted molar refractivity (Wildman–Crippen MR) is 114 cm³/mol. The topological polar surface area (TPSA) is 64.4 Å². The Morgan fingerprint density at radius 1 is 1.21 bits per heavy atom. The zero-order valence-corrected chi connectivity index (χ0v) is 16.8. The second-order valence-electron chi connectivity index (χ2n) is 6.01. The lowest BCUT2D eigenvalue weighted by atomic mass is 10.2. The summed E-state index contributed by atoms with van der Waals surface area (Å²) in [6.07, 6.45) is 0.429. The van der Waals surface area contributed by atoms with Gasteiger partial charge in [-0.05, 0) is 30.3 Å². The van der Waals surface area contributed by atoms with E-state index >= 15 is 0 Å². The Balaban J connectivity index is 1.36. The molecule has 4 rings (SSSR count). The number of rotatable bonds is 7. The smallest absolute Gasteiger partial charge is 0.226 e. The summed E-state index contributed by atoms with van der Waals surface area (Å²) in [5.41, 5.74) is 1.44. The number of thiazole rings is 1. The largest absolute Gasteiger partial charge is 0.497 e. The second-order valence-corrected chi connectivity index (χ2v) is 8.04. The quantitative estimate of drug-likeness (QED) is 0.397. The molecule has 5 nitrogen and oxygen atoms in total. The van der Waals surface area contributed by atoms with Crippen molar-refractivity contribution in [1.29, 1.82) is 0 Å². The summed E-state index contributed by atoms with van der Waals surface area (Å²) >= 11 is 3.05. The first kappa shape index (κ1) is 18.6. The van der Waals surface area contributed by atoms with E-state index in [0.29, 0.717) is 23.0 Å². The third-order valence-electron chi connectivity index (χ3n) is 4.07. The van der Waals surface area contributed by atoms with Gasteiger partial charge in [-0.25, -0.2) is 4.98 Å². The molecule has 0 unspecified atom stereocenters. The molecule has 0 spiro atoms. The molecule has 2 aromatic carbocycles. The van der Waals surface area contributed by atoms with Crippen LogP contribution in [0.25, 0.3) is 22.4 Å². The third kappa shape index (κ3) is 4.37. The summed E-state index contributed by atoms with van der Waals surface area (Å²) in [5.74, 6) is 2.09. The van der Waals surface area contributed by atoms with Gasteiger partial charge in [-0.2, -0.15) is 0 Å². The van der Waals surface area contributed by atoms with Crippen molar-refractivity contribution in [2.24, 2.45) is 0 Å². The van der Waals surface area contributed by atoms with E-state index in [1.165, 1.54) is 11.3 Å². The Morgan fingerprint density at radius 2 is 2.07 bits per heavy atom. The molecule has 0 bridgehead atoms. The summed E-state index contributed by atoms with van der Waals surface area (Å²) in [6, 6.07) is 17.7. The van der Waals surface area contributed by atoms with E-state index < -0.39 is 0 Å². The normalized spacial score (nSPS) is 10.9. The number of carbonyl (C=O) groups excluding carboxylic acids is 1. The van der Waals surface area contributed by atoms with E-state index in [4.69, 9.17) is 9.15 Å². The molecular weight excluding hydrogens is 392 g/mol. The Labute approximate surface area is 170 Å². The van der Waals surface area contributed by atoms with Gasteiger partial charge in [0.2, 0.25) is 5.91 Å². The lowest BCUT2D eigenvalue weighted by Crippen LogP contribution is -2.11. The van der Waals surface area contributed by atoms with Crippen LogP contribution in [0.3, 0.4) is 0 Å². The minimum absolute atomic E-state index is 0.0429. The first-order valence-electron chi connectivity index (χ1n) is 8.72. The SMILES string of the molecule is COc1ccc2cc(-c3csc(NC(=O)CCSc4ccccc4)n3)oc2c1. The fourth-order valence-electron chi connectivity index (χ4n) is 2.67. The number of anilines is 1. The minimum atomic E-state index is -0.0429. The van der Waals surface area contributed by atoms with Crippen molar-refractivity contribution in [3.63, 3.8) is 0 Å². The maximum Gasteiger partial charge on any atom is 0.226 e. The first-order chi connectivity index (χ1) is 13.7. The third-order valence-corrected chi connectivity index (χ3v) is 5.84.